The number of hydrogen-bond acceptors (Lipinski definition) is 2. The van der Waals surface area contributed by atoms with Gasteiger partial charge >= 0.3 is 0 Å². The third-order valence-corrected chi connectivity index (χ3v) is 8.02. The van der Waals surface area contributed by atoms with Crippen LogP contribution in [0.2, 0.25) is 0 Å². The second-order valence-electron chi connectivity index (χ2n) is 9.37. The predicted octanol–water partition coefficient (Wildman–Crippen LogP) is 6.11. The molecule has 2 rings (SSSR count). The zero-order valence-electron chi connectivity index (χ0n) is 16.3. The summed E-state index contributed by atoms with van der Waals surface area (Å²) in [5.74, 6) is 1.14. The van der Waals surface area contributed by atoms with Crippen LogP contribution in [-0.4, -0.2) is 17.3 Å². The van der Waals surface area contributed by atoms with Gasteiger partial charge in [-0.05, 0) is 75.0 Å². The Morgan fingerprint density at radius 1 is 1.25 bits per heavy atom. The monoisotopic (exact) mass is 372 g/mol. The Balaban J connectivity index is 2.13. The molecule has 2 aliphatic carbocycles. The van der Waals surface area contributed by atoms with E-state index in [1.807, 2.05) is 0 Å². The summed E-state index contributed by atoms with van der Waals surface area (Å²) in [4.78, 5) is 0. The van der Waals surface area contributed by atoms with Crippen LogP contribution in [-0.2, 0) is 4.52 Å². The van der Waals surface area contributed by atoms with Gasteiger partial charge in [-0.2, -0.15) is 0 Å². The molecule has 0 amide bonds. The molecule has 4 heteroatoms. The molecule has 1 N–H and O–H groups in total. The van der Waals surface area contributed by atoms with Gasteiger partial charge in [0.05, 0.1) is 12.2 Å². The summed E-state index contributed by atoms with van der Waals surface area (Å²) in [6.07, 6.45) is 10.5. The van der Waals surface area contributed by atoms with Gasteiger partial charge in [-0.15, -0.1) is 0 Å². The summed E-state index contributed by atoms with van der Waals surface area (Å²) in [5.41, 5.74) is 1.58. The fourth-order valence-electron chi connectivity index (χ4n) is 5.97. The van der Waals surface area contributed by atoms with Crippen molar-refractivity contribution in [3.8, 4) is 0 Å². The molecule has 0 aromatic rings. The maximum Gasteiger partial charge on any atom is 0.0693 e. The molecule has 0 spiro atoms. The summed E-state index contributed by atoms with van der Waals surface area (Å²) in [5, 5.41) is 11.2. The van der Waals surface area contributed by atoms with Gasteiger partial charge in [0.2, 0.25) is 0 Å². The van der Waals surface area contributed by atoms with Crippen molar-refractivity contribution in [1.82, 2.24) is 0 Å². The van der Waals surface area contributed by atoms with E-state index in [4.69, 9.17) is 4.52 Å². The molecular formula is C20H38O2P2. The second-order valence-corrected chi connectivity index (χ2v) is 10.6. The van der Waals surface area contributed by atoms with Crippen LogP contribution in [0.3, 0.4) is 0 Å². The molecule has 140 valence electrons. The highest BCUT2D eigenvalue weighted by Gasteiger charge is 2.57. The van der Waals surface area contributed by atoms with Crippen LogP contribution in [0.15, 0.2) is 11.6 Å². The summed E-state index contributed by atoms with van der Waals surface area (Å²) in [6, 6.07) is 0. The first-order chi connectivity index (χ1) is 11.1. The average molecular weight is 372 g/mol. The second kappa shape index (κ2) is 8.04. The predicted molar refractivity (Wildman–Crippen MR) is 110 cm³/mol. The van der Waals surface area contributed by atoms with E-state index in [0.29, 0.717) is 26.4 Å². The molecule has 2 aliphatic rings. The van der Waals surface area contributed by atoms with Crippen molar-refractivity contribution >= 4 is 17.4 Å². The van der Waals surface area contributed by atoms with E-state index in [1.54, 1.807) is 0 Å². The van der Waals surface area contributed by atoms with Crippen molar-refractivity contribution in [3.63, 3.8) is 0 Å². The van der Waals surface area contributed by atoms with Crippen molar-refractivity contribution in [3.05, 3.63) is 11.6 Å². The Morgan fingerprint density at radius 3 is 2.62 bits per heavy atom. The minimum atomic E-state index is -0.517. The molecule has 0 aromatic carbocycles. The van der Waals surface area contributed by atoms with Crippen molar-refractivity contribution in [1.29, 1.82) is 0 Å². The lowest BCUT2D eigenvalue weighted by atomic mass is 9.45. The van der Waals surface area contributed by atoms with Crippen LogP contribution < -0.4 is 0 Å². The first kappa shape index (κ1) is 20.8. The summed E-state index contributed by atoms with van der Waals surface area (Å²) in [6.45, 7) is 12.4. The molecule has 0 aliphatic heterocycles. The molecule has 3 unspecified atom stereocenters. The van der Waals surface area contributed by atoms with E-state index in [2.05, 4.69) is 49.6 Å². The molecule has 24 heavy (non-hydrogen) atoms. The van der Waals surface area contributed by atoms with E-state index < -0.39 is 5.60 Å². The minimum absolute atomic E-state index is 0.279. The fourth-order valence-corrected chi connectivity index (χ4v) is 6.44. The maximum absolute atomic E-state index is 11.2. The normalized spacial score (nSPS) is 40.0. The maximum atomic E-state index is 11.2. The van der Waals surface area contributed by atoms with Crippen molar-refractivity contribution < 1.29 is 9.63 Å². The number of allylic oxidation sites excluding steroid dienone is 1. The quantitative estimate of drug-likeness (QED) is 0.346. The smallest absolute Gasteiger partial charge is 0.0693 e. The van der Waals surface area contributed by atoms with Gasteiger partial charge in [0, 0.05) is 8.50 Å². The van der Waals surface area contributed by atoms with E-state index in [0.717, 1.165) is 25.2 Å². The lowest BCUT2D eigenvalue weighted by Crippen LogP contribution is -2.57. The van der Waals surface area contributed by atoms with Gasteiger partial charge in [0.1, 0.15) is 0 Å². The number of fused-ring (bicyclic) bond motifs is 1. The third kappa shape index (κ3) is 4.43. The molecule has 0 radical (unpaired) electrons. The Kier molecular flexibility index (Phi) is 6.98. The van der Waals surface area contributed by atoms with E-state index in [-0.39, 0.29) is 5.41 Å². The van der Waals surface area contributed by atoms with Crippen LogP contribution in [0, 0.1) is 22.7 Å². The average Bonchev–Trinajstić information content (AvgIpc) is 2.45. The first-order valence-corrected chi connectivity index (χ1v) is 12.3. The Morgan fingerprint density at radius 2 is 1.96 bits per heavy atom. The van der Waals surface area contributed by atoms with Gasteiger partial charge in [-0.3, -0.25) is 0 Å². The van der Waals surface area contributed by atoms with E-state index >= 15 is 0 Å². The summed E-state index contributed by atoms with van der Waals surface area (Å²) in [7, 11) is 3.10. The Bertz CT molecular complexity index is 459. The van der Waals surface area contributed by atoms with Crippen molar-refractivity contribution in [2.24, 2.45) is 22.7 Å². The van der Waals surface area contributed by atoms with Crippen LogP contribution in [0.5, 0.6) is 0 Å². The molecule has 0 heterocycles. The lowest BCUT2D eigenvalue weighted by Gasteiger charge is -2.61. The highest BCUT2D eigenvalue weighted by atomic mass is 32.0. The van der Waals surface area contributed by atoms with Crippen LogP contribution in [0.25, 0.3) is 0 Å². The molecule has 2 nitrogen and oxygen atoms in total. The zero-order chi connectivity index (χ0) is 18.0. The molecule has 0 bridgehead atoms. The first-order valence-electron chi connectivity index (χ1n) is 9.59. The van der Waals surface area contributed by atoms with E-state index in [9.17, 15) is 5.11 Å². The summed E-state index contributed by atoms with van der Waals surface area (Å²) >= 11 is 0. The van der Waals surface area contributed by atoms with Gasteiger partial charge in [0.15, 0.2) is 0 Å². The number of aliphatic hydroxyl groups is 1. The molecule has 2 saturated carbocycles. The Labute approximate surface area is 153 Å². The van der Waals surface area contributed by atoms with Crippen molar-refractivity contribution in [2.45, 2.75) is 85.2 Å². The highest BCUT2D eigenvalue weighted by Crippen LogP contribution is 2.62. The molecule has 6 atom stereocenters. The molecule has 2 fully saturated rings. The Hall–Kier alpha value is 0.520. The molecule has 0 saturated heterocycles. The van der Waals surface area contributed by atoms with Gasteiger partial charge in [-0.1, -0.05) is 47.8 Å². The molecule has 0 aromatic heterocycles. The topological polar surface area (TPSA) is 29.5 Å². The highest BCUT2D eigenvalue weighted by molar-refractivity contribution is 8.00. The van der Waals surface area contributed by atoms with Crippen molar-refractivity contribution in [2.75, 3.05) is 6.61 Å². The molecular weight excluding hydrogens is 334 g/mol. The minimum Gasteiger partial charge on any atom is -0.390 e. The third-order valence-electron chi connectivity index (χ3n) is 7.19. The largest absolute Gasteiger partial charge is 0.390 e. The number of rotatable bonds is 6. The SMILES string of the molecule is C/C(=C\COPP)CC[C@@H]1[C@@]2(C)CCCC(C)(C)C2CC[C@@]1(C)O. The summed E-state index contributed by atoms with van der Waals surface area (Å²) < 4.78 is 5.43. The van der Waals surface area contributed by atoms with Crippen LogP contribution >= 0.6 is 17.4 Å². The van der Waals surface area contributed by atoms with Crippen LogP contribution in [0.1, 0.15) is 79.6 Å². The van der Waals surface area contributed by atoms with Gasteiger partial charge in [0.25, 0.3) is 0 Å². The van der Waals surface area contributed by atoms with Gasteiger partial charge < -0.3 is 9.63 Å². The fraction of sp³-hybridized carbons (Fsp3) is 0.900. The number of hydrogen-bond donors (Lipinski definition) is 1. The lowest BCUT2D eigenvalue weighted by molar-refractivity contribution is -0.168. The standard InChI is InChI=1S/C20H38O2P2/c1-15(10-14-22-24-23)7-8-17-19(4)12-6-11-18(2,3)16(19)9-13-20(17,5)21/h10,16-17,21,24H,6-9,11-14,23H2,1-5H3/b15-10+/t16?,17-,19+,20-/m1/s1. The zero-order valence-corrected chi connectivity index (χ0v) is 18.5. The van der Waals surface area contributed by atoms with E-state index in [1.165, 1.54) is 31.3 Å². The van der Waals surface area contributed by atoms with Gasteiger partial charge in [-0.25, -0.2) is 0 Å². The van der Waals surface area contributed by atoms with Crippen LogP contribution in [0.4, 0.5) is 0 Å².